The molecule has 4 fully saturated rings. The Hall–Kier alpha value is -1.95. The highest BCUT2D eigenvalue weighted by molar-refractivity contribution is 5.83. The first kappa shape index (κ1) is 20.0. The Bertz CT molecular complexity index is 752. The summed E-state index contributed by atoms with van der Waals surface area (Å²) in [5, 5.41) is 3.23. The van der Waals surface area contributed by atoms with Gasteiger partial charge < -0.3 is 15.0 Å². The van der Waals surface area contributed by atoms with E-state index in [1.807, 2.05) is 18.2 Å². The molecule has 0 radical (unpaired) electrons. The van der Waals surface area contributed by atoms with E-state index in [4.69, 9.17) is 4.74 Å². The summed E-state index contributed by atoms with van der Waals surface area (Å²) in [4.78, 5) is 32.7. The molecule has 4 aliphatic rings. The van der Waals surface area contributed by atoms with E-state index >= 15 is 0 Å². The highest BCUT2D eigenvalue weighted by Crippen LogP contribution is 2.56. The van der Waals surface area contributed by atoms with Crippen LogP contribution in [0.3, 0.4) is 0 Å². The number of carbonyl (C=O) groups excluding carboxylic acids is 2. The van der Waals surface area contributed by atoms with Gasteiger partial charge in [-0.3, -0.25) is 14.6 Å². The molecule has 2 amide bonds. The topological polar surface area (TPSA) is 71.5 Å². The second kappa shape index (κ2) is 8.66. The molecule has 1 aromatic rings. The number of pyridine rings is 1. The van der Waals surface area contributed by atoms with Crippen molar-refractivity contribution in [2.75, 3.05) is 19.7 Å². The molecule has 162 valence electrons. The second-order valence-electron chi connectivity index (χ2n) is 9.57. The molecule has 5 atom stereocenters. The smallest absolute Gasteiger partial charge is 0.249 e. The highest BCUT2D eigenvalue weighted by atomic mass is 16.5. The Morgan fingerprint density at radius 3 is 2.60 bits per heavy atom. The largest absolute Gasteiger partial charge is 0.368 e. The van der Waals surface area contributed by atoms with Gasteiger partial charge in [0.1, 0.15) is 6.10 Å². The molecule has 2 aliphatic carbocycles. The standard InChI is InChI=1S/C24H33N3O3/c28-23(20-11-6-14-30-20)26-22(19-10-3-4-12-25-19)16-7-5-13-27(15-16)24(29)21-17-8-1-2-9-18(17)21/h3-4,10,12,16-18,20-22H,1-2,5-9,11,13-15H2,(H,26,28)/t16-,17+,18+,20+,22+/m1/s1. The zero-order valence-corrected chi connectivity index (χ0v) is 17.7. The molecule has 0 spiro atoms. The van der Waals surface area contributed by atoms with Crippen molar-refractivity contribution >= 4 is 11.8 Å². The van der Waals surface area contributed by atoms with Gasteiger partial charge in [-0.2, -0.15) is 0 Å². The lowest BCUT2D eigenvalue weighted by Crippen LogP contribution is -2.47. The molecule has 0 unspecified atom stereocenters. The van der Waals surface area contributed by atoms with Gasteiger partial charge in [0, 0.05) is 37.7 Å². The van der Waals surface area contributed by atoms with E-state index in [1.54, 1.807) is 6.20 Å². The number of nitrogens with one attached hydrogen (secondary N) is 1. The lowest BCUT2D eigenvalue weighted by atomic mass is 9.88. The number of ether oxygens (including phenoxy) is 1. The normalized spacial score (nSPS) is 34.1. The van der Waals surface area contributed by atoms with Crippen molar-refractivity contribution in [2.45, 2.75) is 63.5 Å². The van der Waals surface area contributed by atoms with Crippen LogP contribution in [0.15, 0.2) is 24.4 Å². The van der Waals surface area contributed by atoms with Gasteiger partial charge in [-0.25, -0.2) is 0 Å². The number of amides is 2. The number of carbonyl (C=O) groups is 2. The Kier molecular flexibility index (Phi) is 5.77. The van der Waals surface area contributed by atoms with E-state index in [9.17, 15) is 9.59 Å². The van der Waals surface area contributed by atoms with Crippen molar-refractivity contribution in [3.63, 3.8) is 0 Å². The summed E-state index contributed by atoms with van der Waals surface area (Å²) in [5.41, 5.74) is 0.878. The molecule has 30 heavy (non-hydrogen) atoms. The van der Waals surface area contributed by atoms with Gasteiger partial charge in [0.15, 0.2) is 0 Å². The van der Waals surface area contributed by atoms with Crippen molar-refractivity contribution in [1.82, 2.24) is 15.2 Å². The molecule has 0 bridgehead atoms. The Morgan fingerprint density at radius 2 is 1.90 bits per heavy atom. The maximum absolute atomic E-state index is 13.3. The summed E-state index contributed by atoms with van der Waals surface area (Å²) in [5.74, 6) is 2.04. The lowest BCUT2D eigenvalue weighted by molar-refractivity contribution is -0.135. The lowest BCUT2D eigenvalue weighted by Gasteiger charge is -2.37. The van der Waals surface area contributed by atoms with Gasteiger partial charge in [-0.1, -0.05) is 18.9 Å². The summed E-state index contributed by atoms with van der Waals surface area (Å²) >= 11 is 0. The molecule has 2 saturated heterocycles. The zero-order valence-electron chi connectivity index (χ0n) is 17.7. The SMILES string of the molecule is O=C(N[C@H](c1ccccn1)[C@@H]1CCCN(C(=O)C2[C@H]3CCCC[C@H]23)C1)[C@@H]1CCCO1. The molecular formula is C24H33N3O3. The minimum atomic E-state index is -0.355. The maximum atomic E-state index is 13.3. The molecule has 2 aliphatic heterocycles. The summed E-state index contributed by atoms with van der Waals surface area (Å²) in [6, 6.07) is 5.67. The number of fused-ring (bicyclic) bond motifs is 1. The van der Waals surface area contributed by atoms with Crippen LogP contribution >= 0.6 is 0 Å². The number of piperidine rings is 1. The highest BCUT2D eigenvalue weighted by Gasteiger charge is 2.56. The van der Waals surface area contributed by atoms with Crippen LogP contribution in [-0.2, 0) is 14.3 Å². The molecule has 0 aromatic carbocycles. The van der Waals surface area contributed by atoms with Crippen molar-refractivity contribution in [3.8, 4) is 0 Å². The minimum Gasteiger partial charge on any atom is -0.368 e. The predicted octanol–water partition coefficient (Wildman–Crippen LogP) is 3.09. The Morgan fingerprint density at radius 1 is 1.07 bits per heavy atom. The Labute approximate surface area is 178 Å². The third kappa shape index (κ3) is 3.98. The number of hydrogen-bond acceptors (Lipinski definition) is 4. The van der Waals surface area contributed by atoms with Crippen LogP contribution in [0.1, 0.15) is 63.1 Å². The van der Waals surface area contributed by atoms with Crippen molar-refractivity contribution in [1.29, 1.82) is 0 Å². The molecule has 5 rings (SSSR count). The van der Waals surface area contributed by atoms with Crippen molar-refractivity contribution in [2.24, 2.45) is 23.7 Å². The first-order chi connectivity index (χ1) is 14.7. The molecule has 6 heteroatoms. The van der Waals surface area contributed by atoms with Gasteiger partial charge in [-0.15, -0.1) is 0 Å². The fraction of sp³-hybridized carbons (Fsp3) is 0.708. The van der Waals surface area contributed by atoms with Gasteiger partial charge in [0.2, 0.25) is 11.8 Å². The van der Waals surface area contributed by atoms with Crippen LogP contribution in [0.25, 0.3) is 0 Å². The quantitative estimate of drug-likeness (QED) is 0.808. The number of hydrogen-bond donors (Lipinski definition) is 1. The van der Waals surface area contributed by atoms with Crippen LogP contribution in [0.5, 0.6) is 0 Å². The average Bonchev–Trinajstić information content (AvgIpc) is 3.25. The molecule has 1 N–H and O–H groups in total. The van der Waals surface area contributed by atoms with Crippen LogP contribution in [0, 0.1) is 23.7 Å². The van der Waals surface area contributed by atoms with Crippen LogP contribution in [0.2, 0.25) is 0 Å². The first-order valence-electron chi connectivity index (χ1n) is 11.8. The van der Waals surface area contributed by atoms with Gasteiger partial charge in [0.05, 0.1) is 11.7 Å². The number of aromatic nitrogens is 1. The first-order valence-corrected chi connectivity index (χ1v) is 11.8. The number of nitrogens with zero attached hydrogens (tertiary/aromatic N) is 2. The van der Waals surface area contributed by atoms with E-state index in [-0.39, 0.29) is 29.9 Å². The molecule has 3 heterocycles. The third-order valence-corrected chi connectivity index (χ3v) is 7.71. The molecule has 6 nitrogen and oxygen atoms in total. The van der Waals surface area contributed by atoms with Gasteiger partial charge in [0.25, 0.3) is 0 Å². The third-order valence-electron chi connectivity index (χ3n) is 7.71. The average molecular weight is 412 g/mol. The monoisotopic (exact) mass is 411 g/mol. The second-order valence-corrected chi connectivity index (χ2v) is 9.57. The van der Waals surface area contributed by atoms with Crippen molar-refractivity contribution in [3.05, 3.63) is 30.1 Å². The zero-order chi connectivity index (χ0) is 20.5. The molecule has 1 aromatic heterocycles. The Balaban J connectivity index is 1.29. The van der Waals surface area contributed by atoms with Gasteiger partial charge in [-0.05, 0) is 62.5 Å². The predicted molar refractivity (Wildman–Crippen MR) is 112 cm³/mol. The van der Waals surface area contributed by atoms with Crippen LogP contribution < -0.4 is 5.32 Å². The van der Waals surface area contributed by atoms with E-state index in [0.717, 1.165) is 37.9 Å². The minimum absolute atomic E-state index is 0.0418. The number of rotatable bonds is 5. The number of likely N-dealkylation sites (tertiary alicyclic amines) is 1. The van der Waals surface area contributed by atoms with E-state index < -0.39 is 0 Å². The van der Waals surface area contributed by atoms with Crippen LogP contribution in [0.4, 0.5) is 0 Å². The summed E-state index contributed by atoms with van der Waals surface area (Å²) in [6.07, 6.45) is 10.1. The van der Waals surface area contributed by atoms with Crippen molar-refractivity contribution < 1.29 is 14.3 Å². The maximum Gasteiger partial charge on any atom is 0.249 e. The summed E-state index contributed by atoms with van der Waals surface area (Å²) in [6.45, 7) is 2.21. The molecule has 2 saturated carbocycles. The van der Waals surface area contributed by atoms with E-state index in [1.165, 1.54) is 25.7 Å². The van der Waals surface area contributed by atoms with E-state index in [0.29, 0.717) is 30.9 Å². The fourth-order valence-corrected chi connectivity index (χ4v) is 6.08. The van der Waals surface area contributed by atoms with E-state index in [2.05, 4.69) is 15.2 Å². The fourth-order valence-electron chi connectivity index (χ4n) is 6.08. The van der Waals surface area contributed by atoms with Crippen LogP contribution in [-0.4, -0.2) is 47.5 Å². The summed E-state index contributed by atoms with van der Waals surface area (Å²) in [7, 11) is 0. The van der Waals surface area contributed by atoms with Gasteiger partial charge >= 0.3 is 0 Å². The molecular weight excluding hydrogens is 378 g/mol. The summed E-state index contributed by atoms with van der Waals surface area (Å²) < 4.78 is 5.60.